The molecule has 4 aromatic carbocycles. The molecule has 0 saturated carbocycles. The number of nitrogens with one attached hydrogen (secondary N) is 2. The maximum Gasteiger partial charge on any atom is 0.294 e. The lowest BCUT2D eigenvalue weighted by Gasteiger charge is -2.27. The van der Waals surface area contributed by atoms with Crippen LogP contribution >= 0.6 is 11.6 Å². The van der Waals surface area contributed by atoms with Crippen LogP contribution in [0.25, 0.3) is 39.4 Å². The Morgan fingerprint density at radius 1 is 0.831 bits per heavy atom. The van der Waals surface area contributed by atoms with E-state index in [4.69, 9.17) is 20.8 Å². The SMILES string of the molecule is CC[N+](CC)=c1ccc2c(-c3ccccc3)c(C)c(/C=C/C=C3/N(CCCCCC(=O)NCCCCNC(=O)Cc4c(C)n(C(=O)c5ccc(Cl)cc5)c5ccc(OC)cc45)c4ccc(S(=O)(=O)O)cc4C3(C)C)oc-2c1. The zero-order valence-electron chi connectivity index (χ0n) is 45.0. The van der Waals surface area contributed by atoms with Gasteiger partial charge in [-0.15, -0.1) is 0 Å². The number of ether oxygens (including phenoxy) is 1. The Labute approximate surface area is 457 Å². The number of allylic oxidation sites excluding steroid dienone is 3. The fourth-order valence-corrected chi connectivity index (χ4v) is 11.2. The standard InChI is InChI=1S/C62H68ClN5O8S/c1-8-66(9-2)46-28-31-49-56(37-46)76-55(41(3)60(49)43-19-12-10-13-20-43)21-18-22-57-62(5,6)52-39-48(77(72,73)74)30-33-54(52)67(57)36-17-11-14-23-58(69)64-34-15-16-35-65-59(70)40-50-42(4)68(53-32-29-47(75-7)38-51(50)53)61(71)44-24-26-45(63)27-25-44/h10,12-13,18-22,24-33,37-39H,8-9,11,14-17,23,34-36,40H2,1-7H3,(H2-,64,65,69,70,72,73,74)/p+1. The maximum atomic E-state index is 13.7. The Bertz CT molecular complexity index is 3530. The van der Waals surface area contributed by atoms with Crippen molar-refractivity contribution < 1.29 is 36.5 Å². The van der Waals surface area contributed by atoms with E-state index in [0.717, 1.165) is 93.0 Å². The molecule has 0 atom stereocenters. The van der Waals surface area contributed by atoms with Crippen LogP contribution in [0.5, 0.6) is 5.75 Å². The zero-order chi connectivity index (χ0) is 55.0. The van der Waals surface area contributed by atoms with Crippen molar-refractivity contribution in [2.45, 2.75) is 96.8 Å². The highest BCUT2D eigenvalue weighted by molar-refractivity contribution is 7.85. The van der Waals surface area contributed by atoms with Gasteiger partial charge in [-0.3, -0.25) is 23.5 Å². The highest BCUT2D eigenvalue weighted by Gasteiger charge is 2.40. The van der Waals surface area contributed by atoms with Gasteiger partial charge in [-0.1, -0.05) is 68.3 Å². The van der Waals surface area contributed by atoms with Crippen molar-refractivity contribution in [1.82, 2.24) is 19.8 Å². The number of carbonyl (C=O) groups excluding carboxylic acids is 3. The van der Waals surface area contributed by atoms with Crippen LogP contribution in [0.4, 0.5) is 5.69 Å². The number of nitrogens with zero attached hydrogens (tertiary/aromatic N) is 3. The number of unbranched alkanes of at least 4 members (excludes halogenated alkanes) is 3. The first-order valence-corrected chi connectivity index (χ1v) is 28.3. The summed E-state index contributed by atoms with van der Waals surface area (Å²) in [5.41, 5.74) is 8.79. The number of rotatable bonds is 21. The van der Waals surface area contributed by atoms with E-state index in [1.807, 2.05) is 49.4 Å². The highest BCUT2D eigenvalue weighted by atomic mass is 35.5. The third-order valence-corrected chi connectivity index (χ3v) is 15.9. The van der Waals surface area contributed by atoms with Crippen LogP contribution in [0.3, 0.4) is 0 Å². The normalized spacial score (nSPS) is 13.7. The van der Waals surface area contributed by atoms with Gasteiger partial charge in [-0.2, -0.15) is 8.42 Å². The number of halogens is 1. The minimum absolute atomic E-state index is 0.0327. The lowest BCUT2D eigenvalue weighted by Crippen LogP contribution is -2.29. The Morgan fingerprint density at radius 3 is 2.23 bits per heavy atom. The highest BCUT2D eigenvalue weighted by Crippen LogP contribution is 2.49. The van der Waals surface area contributed by atoms with E-state index in [2.05, 4.69) is 91.1 Å². The molecule has 15 heteroatoms. The molecular weight excluding hydrogens is 1010 g/mol. The van der Waals surface area contributed by atoms with E-state index >= 15 is 0 Å². The number of hydrogen-bond donors (Lipinski definition) is 3. The third-order valence-electron chi connectivity index (χ3n) is 14.8. The smallest absolute Gasteiger partial charge is 0.294 e. The first kappa shape index (κ1) is 56.0. The van der Waals surface area contributed by atoms with Crippen LogP contribution in [-0.2, 0) is 31.5 Å². The lowest BCUT2D eigenvalue weighted by molar-refractivity contribution is -0.121. The predicted molar refractivity (Wildman–Crippen MR) is 307 cm³/mol. The molecule has 0 bridgehead atoms. The number of hydrogen-bond acceptors (Lipinski definition) is 8. The van der Waals surface area contributed by atoms with Gasteiger partial charge in [0.15, 0.2) is 0 Å². The van der Waals surface area contributed by atoms with Gasteiger partial charge in [0.1, 0.15) is 30.4 Å². The molecule has 0 unspecified atom stereocenters. The number of amides is 2. The molecule has 3 aliphatic rings. The van der Waals surface area contributed by atoms with E-state index in [1.54, 1.807) is 54.1 Å². The van der Waals surface area contributed by atoms with Crippen LogP contribution in [-0.4, -0.2) is 75.1 Å². The van der Waals surface area contributed by atoms with E-state index < -0.39 is 15.5 Å². The van der Waals surface area contributed by atoms with E-state index in [9.17, 15) is 27.4 Å². The number of fused-ring (bicyclic) bond motifs is 3. The van der Waals surface area contributed by atoms with Gasteiger partial charge in [0.05, 0.1) is 30.0 Å². The maximum absolute atomic E-state index is 13.7. The van der Waals surface area contributed by atoms with E-state index in [-0.39, 0.29) is 29.0 Å². The number of benzene rings is 5. The molecule has 0 fully saturated rings. The Morgan fingerprint density at radius 2 is 1.55 bits per heavy atom. The summed E-state index contributed by atoms with van der Waals surface area (Å²) in [4.78, 5) is 42.0. The average Bonchev–Trinajstić information content (AvgIpc) is 3.92. The second-order valence-electron chi connectivity index (χ2n) is 20.0. The summed E-state index contributed by atoms with van der Waals surface area (Å²) >= 11 is 6.08. The second-order valence-corrected chi connectivity index (χ2v) is 21.9. The van der Waals surface area contributed by atoms with Gasteiger partial charge in [-0.25, -0.2) is 4.58 Å². The Balaban J connectivity index is 0.870. The van der Waals surface area contributed by atoms with Crippen molar-refractivity contribution in [2.24, 2.45) is 0 Å². The van der Waals surface area contributed by atoms with Crippen LogP contribution in [0.2, 0.25) is 5.02 Å². The molecule has 5 aromatic rings. The second kappa shape index (κ2) is 24.4. The molecule has 402 valence electrons. The van der Waals surface area contributed by atoms with Crippen molar-refractivity contribution in [3.63, 3.8) is 0 Å². The van der Waals surface area contributed by atoms with Gasteiger partial charge >= 0.3 is 0 Å². The molecule has 13 nitrogen and oxygen atoms in total. The molecule has 8 rings (SSSR count). The molecule has 77 heavy (non-hydrogen) atoms. The first-order chi connectivity index (χ1) is 36.9. The molecule has 1 aromatic heterocycles. The summed E-state index contributed by atoms with van der Waals surface area (Å²) < 4.78 is 50.8. The minimum atomic E-state index is -4.44. The lowest BCUT2D eigenvalue weighted by atomic mass is 9.83. The van der Waals surface area contributed by atoms with Gasteiger partial charge in [0, 0.05) is 81.7 Å². The van der Waals surface area contributed by atoms with Crippen molar-refractivity contribution in [3.8, 4) is 28.2 Å². The molecule has 1 aliphatic carbocycles. The van der Waals surface area contributed by atoms with Crippen molar-refractivity contribution in [2.75, 3.05) is 44.7 Å². The van der Waals surface area contributed by atoms with Crippen LogP contribution in [0.1, 0.15) is 105 Å². The summed E-state index contributed by atoms with van der Waals surface area (Å²) in [5, 5.41) is 8.42. The predicted octanol–water partition coefficient (Wildman–Crippen LogP) is 11.5. The molecule has 0 spiro atoms. The van der Waals surface area contributed by atoms with Crippen LogP contribution in [0, 0.1) is 13.8 Å². The summed E-state index contributed by atoms with van der Waals surface area (Å²) in [5.74, 6) is 1.70. The molecule has 3 N–H and O–H groups in total. The topological polar surface area (TPSA) is 163 Å². The van der Waals surface area contributed by atoms with Gasteiger partial charge < -0.3 is 24.7 Å². The fourth-order valence-electron chi connectivity index (χ4n) is 10.6. The fraction of sp³-hybridized carbons (Fsp3) is 0.323. The zero-order valence-corrected chi connectivity index (χ0v) is 46.6. The van der Waals surface area contributed by atoms with Crippen LogP contribution in [0.15, 0.2) is 136 Å². The molecule has 0 saturated heterocycles. The quantitative estimate of drug-likeness (QED) is 0.0361. The van der Waals surface area contributed by atoms with Crippen molar-refractivity contribution in [3.05, 3.63) is 171 Å². The number of methoxy groups -OCH3 is 1. The largest absolute Gasteiger partial charge is 0.497 e. The van der Waals surface area contributed by atoms with Gasteiger partial charge in [-0.05, 0) is 155 Å². The summed E-state index contributed by atoms with van der Waals surface area (Å²) in [6.45, 7) is 15.6. The first-order valence-electron chi connectivity index (χ1n) is 26.5. The van der Waals surface area contributed by atoms with E-state index in [1.165, 1.54) is 6.07 Å². The number of anilines is 1. The van der Waals surface area contributed by atoms with E-state index in [0.29, 0.717) is 72.9 Å². The van der Waals surface area contributed by atoms with Crippen molar-refractivity contribution in [1.29, 1.82) is 0 Å². The number of carbonyl (C=O) groups is 3. The molecule has 0 radical (unpaired) electrons. The minimum Gasteiger partial charge on any atom is -0.497 e. The molecular formula is C62H69ClN5O8S+. The molecule has 2 amide bonds. The van der Waals surface area contributed by atoms with Crippen molar-refractivity contribution >= 4 is 62.1 Å². The Hall–Kier alpha value is -7.26. The van der Waals surface area contributed by atoms with Gasteiger partial charge in [0.25, 0.3) is 16.0 Å². The molecule has 3 heterocycles. The average molecular weight is 1080 g/mol. The van der Waals surface area contributed by atoms with Gasteiger partial charge in [0.2, 0.25) is 17.2 Å². The Kier molecular flexibility index (Phi) is 17.7. The summed E-state index contributed by atoms with van der Waals surface area (Å²) in [6, 6.07) is 33.7. The number of aromatic nitrogens is 1. The summed E-state index contributed by atoms with van der Waals surface area (Å²) in [7, 11) is -2.86. The third kappa shape index (κ3) is 12.5. The monoisotopic (exact) mass is 1080 g/mol. The summed E-state index contributed by atoms with van der Waals surface area (Å²) in [6.07, 6.45) is 10.1. The van der Waals surface area contributed by atoms with Crippen LogP contribution < -0.4 is 30.2 Å². The molecule has 2 aliphatic heterocycles.